The van der Waals surface area contributed by atoms with Gasteiger partial charge in [-0.1, -0.05) is 0 Å². The molecule has 0 saturated heterocycles. The Hall–Kier alpha value is -1.98. The number of nitrogens with one attached hydrogen (secondary N) is 1. The lowest BCUT2D eigenvalue weighted by atomic mass is 10.2. The summed E-state index contributed by atoms with van der Waals surface area (Å²) in [4.78, 5) is 29.3. The van der Waals surface area contributed by atoms with E-state index in [1.807, 2.05) is 0 Å². The second-order valence-corrected chi connectivity index (χ2v) is 2.72. The number of aromatic nitrogens is 2. The van der Waals surface area contributed by atoms with E-state index in [1.165, 1.54) is 25.6 Å². The van der Waals surface area contributed by atoms with Crippen LogP contribution < -0.4 is 11.1 Å². The summed E-state index contributed by atoms with van der Waals surface area (Å²) in [6.45, 7) is 1.50. The van der Waals surface area contributed by atoms with Crippen molar-refractivity contribution in [1.29, 1.82) is 0 Å². The lowest BCUT2D eigenvalue weighted by molar-refractivity contribution is -0.119. The molecule has 3 N–H and O–H groups in total. The van der Waals surface area contributed by atoms with Crippen LogP contribution in [0.4, 0.5) is 0 Å². The van der Waals surface area contributed by atoms with Gasteiger partial charge in [0.1, 0.15) is 12.4 Å². The van der Waals surface area contributed by atoms with Gasteiger partial charge in [-0.15, -0.1) is 0 Å². The number of primary amides is 1. The number of amides is 2. The average Bonchev–Trinajstić information content (AvgIpc) is 2.19. The quantitative estimate of drug-likeness (QED) is 0.650. The van der Waals surface area contributed by atoms with Crippen molar-refractivity contribution in [3.05, 3.63) is 24.3 Å². The summed E-state index contributed by atoms with van der Waals surface area (Å²) in [5.41, 5.74) is 5.27. The molecule has 1 aromatic heterocycles. The summed E-state index contributed by atoms with van der Waals surface area (Å²) in [6, 6.07) is -0.706. The second-order valence-electron chi connectivity index (χ2n) is 2.72. The van der Waals surface area contributed by atoms with Crippen molar-refractivity contribution in [1.82, 2.24) is 15.3 Å². The van der Waals surface area contributed by atoms with Gasteiger partial charge in [0.2, 0.25) is 5.91 Å². The predicted octanol–water partition coefficient (Wildman–Crippen LogP) is -0.920. The van der Waals surface area contributed by atoms with Crippen molar-refractivity contribution in [3.8, 4) is 0 Å². The number of nitrogens with two attached hydrogens (primary N) is 1. The molecule has 0 fully saturated rings. The van der Waals surface area contributed by atoms with Crippen molar-refractivity contribution < 1.29 is 9.59 Å². The zero-order chi connectivity index (χ0) is 10.6. The number of hydrogen-bond donors (Lipinski definition) is 2. The van der Waals surface area contributed by atoms with E-state index in [2.05, 4.69) is 15.3 Å². The molecule has 0 aliphatic carbocycles. The van der Waals surface area contributed by atoms with Crippen molar-refractivity contribution in [2.75, 3.05) is 0 Å². The van der Waals surface area contributed by atoms with Crippen molar-refractivity contribution >= 4 is 11.8 Å². The van der Waals surface area contributed by atoms with Gasteiger partial charge in [-0.2, -0.15) is 0 Å². The third-order valence-corrected chi connectivity index (χ3v) is 1.60. The molecule has 1 unspecified atom stereocenters. The van der Waals surface area contributed by atoms with Crippen LogP contribution >= 0.6 is 0 Å². The standard InChI is InChI=1S/C8H10N4O2/c1-5(7(9)13)12-8(14)6-2-10-4-11-3-6/h2-5H,1H3,(H2,9,13)(H,12,14). The van der Waals surface area contributed by atoms with Crippen LogP contribution in [0.25, 0.3) is 0 Å². The van der Waals surface area contributed by atoms with E-state index in [9.17, 15) is 9.59 Å². The molecule has 1 atom stereocenters. The van der Waals surface area contributed by atoms with Gasteiger partial charge in [0.25, 0.3) is 5.91 Å². The Morgan fingerprint density at radius 2 is 2.00 bits per heavy atom. The first-order valence-electron chi connectivity index (χ1n) is 3.96. The number of rotatable bonds is 3. The predicted molar refractivity (Wildman–Crippen MR) is 48.2 cm³/mol. The van der Waals surface area contributed by atoms with Crippen molar-refractivity contribution in [2.45, 2.75) is 13.0 Å². The van der Waals surface area contributed by atoms with Gasteiger partial charge in [0, 0.05) is 12.4 Å². The zero-order valence-electron chi connectivity index (χ0n) is 7.60. The Labute approximate surface area is 80.5 Å². The molecule has 0 bridgehead atoms. The van der Waals surface area contributed by atoms with Crippen molar-refractivity contribution in [2.24, 2.45) is 5.73 Å². The molecule has 0 aromatic carbocycles. The largest absolute Gasteiger partial charge is 0.368 e. The average molecular weight is 194 g/mol. The van der Waals surface area contributed by atoms with E-state index in [0.717, 1.165) is 0 Å². The summed E-state index contributed by atoms with van der Waals surface area (Å²) in [7, 11) is 0. The Kier molecular flexibility index (Phi) is 3.11. The van der Waals surface area contributed by atoms with Crippen LogP contribution in [0.5, 0.6) is 0 Å². The maximum absolute atomic E-state index is 11.4. The number of carbonyl (C=O) groups is 2. The summed E-state index contributed by atoms with van der Waals surface area (Å²) in [5, 5.41) is 2.40. The fraction of sp³-hybridized carbons (Fsp3) is 0.250. The van der Waals surface area contributed by atoms with E-state index in [1.54, 1.807) is 0 Å². The Bertz CT molecular complexity index is 338. The smallest absolute Gasteiger partial charge is 0.255 e. The first-order valence-corrected chi connectivity index (χ1v) is 3.96. The van der Waals surface area contributed by atoms with E-state index in [4.69, 9.17) is 5.73 Å². The van der Waals surface area contributed by atoms with E-state index in [-0.39, 0.29) is 0 Å². The summed E-state index contributed by atoms with van der Waals surface area (Å²) < 4.78 is 0. The van der Waals surface area contributed by atoms with E-state index >= 15 is 0 Å². The molecule has 1 aromatic rings. The molecule has 6 heteroatoms. The van der Waals surface area contributed by atoms with Crippen LogP contribution in [0.1, 0.15) is 17.3 Å². The van der Waals surface area contributed by atoms with Crippen LogP contribution in [0, 0.1) is 0 Å². The number of hydrogen-bond acceptors (Lipinski definition) is 4. The molecule has 0 saturated carbocycles. The number of nitrogens with zero attached hydrogens (tertiary/aromatic N) is 2. The molecule has 0 aliphatic heterocycles. The molecule has 1 rings (SSSR count). The lowest BCUT2D eigenvalue weighted by Gasteiger charge is -2.08. The highest BCUT2D eigenvalue weighted by molar-refractivity contribution is 5.96. The molecule has 0 spiro atoms. The highest BCUT2D eigenvalue weighted by Gasteiger charge is 2.13. The van der Waals surface area contributed by atoms with Crippen molar-refractivity contribution in [3.63, 3.8) is 0 Å². The summed E-state index contributed by atoms with van der Waals surface area (Å²) in [5.74, 6) is -1.01. The highest BCUT2D eigenvalue weighted by Crippen LogP contribution is 1.93. The minimum absolute atomic E-state index is 0.292. The molecular weight excluding hydrogens is 184 g/mol. The fourth-order valence-corrected chi connectivity index (χ4v) is 0.767. The van der Waals surface area contributed by atoms with Crippen LogP contribution in [0.15, 0.2) is 18.7 Å². The Morgan fingerprint density at radius 3 is 2.50 bits per heavy atom. The van der Waals surface area contributed by atoms with Gasteiger partial charge in [-0.3, -0.25) is 9.59 Å². The van der Waals surface area contributed by atoms with Gasteiger partial charge < -0.3 is 11.1 Å². The second kappa shape index (κ2) is 4.31. The zero-order valence-corrected chi connectivity index (χ0v) is 7.60. The maximum atomic E-state index is 11.4. The molecule has 0 aliphatic rings. The molecular formula is C8H10N4O2. The lowest BCUT2D eigenvalue weighted by Crippen LogP contribution is -2.42. The molecule has 2 amide bonds. The molecule has 14 heavy (non-hydrogen) atoms. The monoisotopic (exact) mass is 194 g/mol. The number of carbonyl (C=O) groups excluding carboxylic acids is 2. The Balaban J connectivity index is 2.64. The minimum Gasteiger partial charge on any atom is -0.368 e. The van der Waals surface area contributed by atoms with E-state index in [0.29, 0.717) is 5.56 Å². The van der Waals surface area contributed by atoms with Crippen LogP contribution in [0.2, 0.25) is 0 Å². The van der Waals surface area contributed by atoms with Gasteiger partial charge in [0.05, 0.1) is 5.56 Å². The molecule has 74 valence electrons. The molecule has 1 heterocycles. The highest BCUT2D eigenvalue weighted by atomic mass is 16.2. The fourth-order valence-electron chi connectivity index (χ4n) is 0.767. The van der Waals surface area contributed by atoms with Gasteiger partial charge in [-0.25, -0.2) is 9.97 Å². The van der Waals surface area contributed by atoms with Gasteiger partial charge in [-0.05, 0) is 6.92 Å². The van der Waals surface area contributed by atoms with Gasteiger partial charge in [0.15, 0.2) is 0 Å². The molecule has 6 nitrogen and oxygen atoms in total. The minimum atomic E-state index is -0.706. The topological polar surface area (TPSA) is 98.0 Å². The third-order valence-electron chi connectivity index (χ3n) is 1.60. The van der Waals surface area contributed by atoms with Crippen LogP contribution in [-0.4, -0.2) is 27.8 Å². The molecule has 0 radical (unpaired) electrons. The maximum Gasteiger partial charge on any atom is 0.255 e. The van der Waals surface area contributed by atoms with E-state index < -0.39 is 17.9 Å². The first kappa shape index (κ1) is 10.1. The first-order chi connectivity index (χ1) is 6.61. The third kappa shape index (κ3) is 2.51. The van der Waals surface area contributed by atoms with Gasteiger partial charge >= 0.3 is 0 Å². The van der Waals surface area contributed by atoms with Crippen LogP contribution in [0.3, 0.4) is 0 Å². The SMILES string of the molecule is CC(NC(=O)c1cncnc1)C(N)=O. The van der Waals surface area contributed by atoms with Crippen LogP contribution in [-0.2, 0) is 4.79 Å². The normalized spacial score (nSPS) is 11.8. The summed E-state index contributed by atoms with van der Waals surface area (Å²) >= 11 is 0. The summed E-state index contributed by atoms with van der Waals surface area (Å²) in [6.07, 6.45) is 4.03. The Morgan fingerprint density at radius 1 is 1.43 bits per heavy atom.